The first-order valence-electron chi connectivity index (χ1n) is 20.6. The van der Waals surface area contributed by atoms with Crippen molar-refractivity contribution < 1.29 is 76.2 Å². The maximum Gasteiger partial charge on any atom is 0.415 e. The maximum atomic E-state index is 13.4. The van der Waals surface area contributed by atoms with E-state index in [9.17, 15) is 33.6 Å². The summed E-state index contributed by atoms with van der Waals surface area (Å²) in [6.45, 7) is 9.76. The van der Waals surface area contributed by atoms with E-state index in [0.29, 0.717) is 23.2 Å². The number of hydrogen-bond acceptors (Lipinski definition) is 16. The molecule has 0 radical (unpaired) electrons. The van der Waals surface area contributed by atoms with Crippen molar-refractivity contribution in [2.45, 2.75) is 97.3 Å². The highest BCUT2D eigenvalue weighted by Gasteiger charge is 2.53. The highest BCUT2D eigenvalue weighted by Crippen LogP contribution is 2.46. The van der Waals surface area contributed by atoms with Gasteiger partial charge in [0, 0.05) is 84.7 Å². The zero-order valence-electron chi connectivity index (χ0n) is 37.7. The van der Waals surface area contributed by atoms with E-state index in [4.69, 9.17) is 54.2 Å². The molecule has 3 amide bonds. The number of hydrogen-bond donors (Lipinski definition) is 0. The molecule has 3 aromatic carbocycles. The number of halogens is 1. The van der Waals surface area contributed by atoms with Gasteiger partial charge in [0.05, 0.1) is 5.69 Å². The van der Waals surface area contributed by atoms with Gasteiger partial charge in [-0.3, -0.25) is 24.1 Å². The largest absolute Gasteiger partial charge is 0.463 e. The molecule has 65 heavy (non-hydrogen) atoms. The molecule has 20 heteroatoms. The van der Waals surface area contributed by atoms with E-state index in [1.807, 2.05) is 24.3 Å². The lowest BCUT2D eigenvalue weighted by Crippen LogP contribution is -2.63. The molecule has 0 spiro atoms. The van der Waals surface area contributed by atoms with Crippen LogP contribution in [0.1, 0.15) is 65.5 Å². The molecular weight excluding hydrogens is 874 g/mol. The average Bonchev–Trinajstić information content (AvgIpc) is 3.61. The molecule has 2 aliphatic heterocycles. The molecule has 4 unspecified atom stereocenters. The molecular formula is C45H54ClN3O16. The number of alkyl halides is 1. The molecule has 0 N–H and O–H groups in total. The lowest BCUT2D eigenvalue weighted by molar-refractivity contribution is -0.288. The Hall–Kier alpha value is -6.34. The number of carbonyl (C=O) groups excluding carboxylic acids is 7. The Bertz CT molecular complexity index is 2250. The second-order valence-corrected chi connectivity index (χ2v) is 16.7. The van der Waals surface area contributed by atoms with Crippen LogP contribution >= 0.6 is 11.6 Å². The third-order valence-corrected chi connectivity index (χ3v) is 10.4. The fourth-order valence-corrected chi connectivity index (χ4v) is 7.36. The van der Waals surface area contributed by atoms with Gasteiger partial charge >= 0.3 is 42.2 Å². The summed E-state index contributed by atoms with van der Waals surface area (Å²) in [7, 11) is 3.04. The fraction of sp³-hybridized carbons (Fsp3) is 0.489. The Labute approximate surface area is 380 Å². The van der Waals surface area contributed by atoms with E-state index in [-0.39, 0.29) is 43.0 Å². The number of amides is 3. The molecule has 1 saturated heterocycles. The Morgan fingerprint density at radius 2 is 1.34 bits per heavy atom. The van der Waals surface area contributed by atoms with Gasteiger partial charge in [-0.1, -0.05) is 36.4 Å². The number of likely N-dealkylation sites (N-methyl/N-ethyl adjacent to an activating group) is 2. The highest BCUT2D eigenvalue weighted by molar-refractivity contribution is 6.19. The summed E-state index contributed by atoms with van der Waals surface area (Å²) >= 11 is 6.38. The lowest BCUT2D eigenvalue weighted by atomic mass is 9.95. The van der Waals surface area contributed by atoms with Crippen LogP contribution in [-0.4, -0.2) is 134 Å². The number of ether oxygens (including phenoxy) is 9. The Balaban J connectivity index is 1.19. The van der Waals surface area contributed by atoms with Crippen LogP contribution in [0, 0.1) is 0 Å². The van der Waals surface area contributed by atoms with Crippen LogP contribution in [0.15, 0.2) is 54.6 Å². The van der Waals surface area contributed by atoms with Crippen LogP contribution in [0.2, 0.25) is 0 Å². The highest BCUT2D eigenvalue weighted by atomic mass is 35.5. The van der Waals surface area contributed by atoms with Gasteiger partial charge in [-0.2, -0.15) is 0 Å². The van der Waals surface area contributed by atoms with Crippen LogP contribution < -0.4 is 14.4 Å². The molecule has 19 nitrogen and oxygen atoms in total. The molecule has 2 aliphatic rings. The summed E-state index contributed by atoms with van der Waals surface area (Å²) in [5.41, 5.74) is 1.23. The SMILES string of the molecule is CC(=O)OCC1O[C@@H](Oc2ccc(COC(=O)N(C)CCN(C)C(=O)Oc3cc4c(c5ccccc35)[C@H](CCl)CN4C(=O)OC(C)(C)C)cc2)C(OC(C)=O)C(OC(C)=O)C1OC(C)=O. The van der Waals surface area contributed by atoms with Crippen molar-refractivity contribution in [2.24, 2.45) is 0 Å². The molecule has 0 bridgehead atoms. The van der Waals surface area contributed by atoms with Crippen LogP contribution in [0.4, 0.5) is 20.1 Å². The summed E-state index contributed by atoms with van der Waals surface area (Å²) in [6, 6.07) is 15.3. The van der Waals surface area contributed by atoms with Gasteiger partial charge < -0.3 is 52.4 Å². The predicted molar refractivity (Wildman–Crippen MR) is 231 cm³/mol. The fourth-order valence-electron chi connectivity index (χ4n) is 7.10. The summed E-state index contributed by atoms with van der Waals surface area (Å²) in [5.74, 6) is -2.47. The Morgan fingerprint density at radius 3 is 1.92 bits per heavy atom. The maximum absolute atomic E-state index is 13.4. The van der Waals surface area contributed by atoms with Crippen molar-refractivity contribution in [1.82, 2.24) is 9.80 Å². The Morgan fingerprint density at radius 1 is 0.754 bits per heavy atom. The van der Waals surface area contributed by atoms with E-state index >= 15 is 0 Å². The van der Waals surface area contributed by atoms with Crippen LogP contribution in [-0.2, 0) is 58.9 Å². The quantitative estimate of drug-likeness (QED) is 0.102. The Kier molecular flexibility index (Phi) is 16.5. The molecule has 0 saturated carbocycles. The first kappa shape index (κ1) is 49.7. The van der Waals surface area contributed by atoms with Gasteiger partial charge in [-0.15, -0.1) is 11.6 Å². The van der Waals surface area contributed by atoms with Crippen molar-refractivity contribution in [3.8, 4) is 11.5 Å². The number of anilines is 1. The van der Waals surface area contributed by atoms with Gasteiger partial charge in [-0.05, 0) is 49.4 Å². The number of fused-ring (bicyclic) bond motifs is 3. The molecule has 5 rings (SSSR count). The van der Waals surface area contributed by atoms with Crippen molar-refractivity contribution >= 4 is 70.2 Å². The number of nitrogens with zero attached hydrogens (tertiary/aromatic N) is 3. The van der Waals surface area contributed by atoms with Crippen molar-refractivity contribution in [3.05, 3.63) is 65.7 Å². The topological polar surface area (TPSA) is 212 Å². The van der Waals surface area contributed by atoms with E-state index in [1.54, 1.807) is 39.0 Å². The smallest absolute Gasteiger partial charge is 0.415 e. The molecule has 0 aromatic heterocycles. The summed E-state index contributed by atoms with van der Waals surface area (Å²) < 4.78 is 50.5. The standard InChI is InChI=1S/C45H54ClN3O16/c1-25(50)57-24-36-38(59-26(2)51)39(60-27(3)52)40(61-28(4)53)41(63-36)62-31-16-14-29(15-17-31)23-58-42(54)47(8)18-19-48(9)43(55)64-35-20-34-37(33-13-11-10-12-32(33)35)30(21-46)22-49(34)44(56)65-45(5,6)7/h10-17,20,30,36,38-41H,18-19,21-24H2,1-9H3/t30-,36?,38?,39?,40?,41-/m1/s1. The third-order valence-electron chi connectivity index (χ3n) is 10.0. The minimum absolute atomic E-state index is 0.0803. The van der Waals surface area contributed by atoms with E-state index in [2.05, 4.69) is 0 Å². The molecule has 2 heterocycles. The summed E-state index contributed by atoms with van der Waals surface area (Å²) in [6.07, 6.45) is -8.72. The molecule has 1 fully saturated rings. The molecule has 6 atom stereocenters. The van der Waals surface area contributed by atoms with Crippen LogP contribution in [0.5, 0.6) is 11.5 Å². The molecule has 3 aromatic rings. The van der Waals surface area contributed by atoms with E-state index in [1.165, 1.54) is 47.9 Å². The number of benzene rings is 3. The third kappa shape index (κ3) is 13.1. The van der Waals surface area contributed by atoms with Crippen molar-refractivity contribution in [3.63, 3.8) is 0 Å². The van der Waals surface area contributed by atoms with Gasteiger partial charge in [0.15, 0.2) is 12.2 Å². The second kappa shape index (κ2) is 21.6. The summed E-state index contributed by atoms with van der Waals surface area (Å²) in [5, 5.41) is 1.45. The number of carbonyl (C=O) groups is 7. The monoisotopic (exact) mass is 927 g/mol. The van der Waals surface area contributed by atoms with Crippen molar-refractivity contribution in [2.75, 3.05) is 51.1 Å². The number of esters is 4. The van der Waals surface area contributed by atoms with Gasteiger partial charge in [-0.25, -0.2) is 14.4 Å². The normalized spacial score (nSPS) is 20.1. The van der Waals surface area contributed by atoms with E-state index in [0.717, 1.165) is 31.7 Å². The van der Waals surface area contributed by atoms with Crippen LogP contribution in [0.25, 0.3) is 10.8 Å². The van der Waals surface area contributed by atoms with Gasteiger partial charge in [0.2, 0.25) is 12.4 Å². The minimum atomic E-state index is -1.44. The molecule has 352 valence electrons. The number of rotatable bonds is 14. The van der Waals surface area contributed by atoms with E-state index < -0.39 is 85.1 Å². The summed E-state index contributed by atoms with van der Waals surface area (Å²) in [4.78, 5) is 91.8. The zero-order chi connectivity index (χ0) is 47.7. The lowest BCUT2D eigenvalue weighted by Gasteiger charge is -2.43. The minimum Gasteiger partial charge on any atom is -0.463 e. The first-order chi connectivity index (χ1) is 30.6. The molecule has 0 aliphatic carbocycles. The average molecular weight is 928 g/mol. The van der Waals surface area contributed by atoms with Crippen molar-refractivity contribution in [1.29, 1.82) is 0 Å². The zero-order valence-corrected chi connectivity index (χ0v) is 38.4. The predicted octanol–water partition coefficient (Wildman–Crippen LogP) is 6.08. The van der Waals surface area contributed by atoms with Gasteiger partial charge in [0.25, 0.3) is 0 Å². The van der Waals surface area contributed by atoms with Gasteiger partial charge in [0.1, 0.15) is 36.4 Å². The second-order valence-electron chi connectivity index (χ2n) is 16.4. The first-order valence-corrected chi connectivity index (χ1v) is 21.2. The van der Waals surface area contributed by atoms with Crippen LogP contribution in [0.3, 0.4) is 0 Å².